The quantitative estimate of drug-likeness (QED) is 0.343. The van der Waals surface area contributed by atoms with Gasteiger partial charge in [-0.05, 0) is 37.8 Å². The van der Waals surface area contributed by atoms with Gasteiger partial charge in [0.1, 0.15) is 5.82 Å². The summed E-state index contributed by atoms with van der Waals surface area (Å²) < 4.78 is 21.4. The lowest BCUT2D eigenvalue weighted by Gasteiger charge is -2.37. The second-order valence-electron chi connectivity index (χ2n) is 8.71. The van der Waals surface area contributed by atoms with Crippen LogP contribution in [-0.2, 0) is 27.3 Å². The summed E-state index contributed by atoms with van der Waals surface area (Å²) in [4.78, 5) is 26.9. The number of esters is 1. The maximum Gasteiger partial charge on any atom is 0.310 e. The number of likely N-dealkylation sites (tertiary alicyclic amines) is 1. The first kappa shape index (κ1) is 23.7. The van der Waals surface area contributed by atoms with Crippen LogP contribution in [0.5, 0.6) is 0 Å². The van der Waals surface area contributed by atoms with Gasteiger partial charge < -0.3 is 4.74 Å². The number of allylic oxidation sites excluding steroid dienone is 1. The smallest absolute Gasteiger partial charge is 0.310 e. The number of Topliss-reactive ketones (excluding diaryl/α,β-unsaturated/α-hetero) is 1. The van der Waals surface area contributed by atoms with Crippen LogP contribution in [0.1, 0.15) is 43.4 Å². The number of hydrogen-bond acceptors (Lipinski definition) is 6. The topological polar surface area (TPSA) is 64.4 Å². The van der Waals surface area contributed by atoms with E-state index in [0.29, 0.717) is 31.8 Å². The average molecular weight is 472 g/mol. The number of halogens is 1. The molecule has 33 heavy (non-hydrogen) atoms. The van der Waals surface area contributed by atoms with Gasteiger partial charge in [-0.1, -0.05) is 24.3 Å². The van der Waals surface area contributed by atoms with E-state index < -0.39 is 6.04 Å². The van der Waals surface area contributed by atoms with Crippen molar-refractivity contribution in [2.75, 3.05) is 19.7 Å². The molecule has 1 saturated carbocycles. The highest BCUT2D eigenvalue weighted by atomic mass is 32.1. The Hall–Kier alpha value is -2.45. The highest BCUT2D eigenvalue weighted by Gasteiger charge is 2.40. The molecule has 1 saturated heterocycles. The molecule has 176 valence electrons. The van der Waals surface area contributed by atoms with E-state index in [9.17, 15) is 14.0 Å². The van der Waals surface area contributed by atoms with E-state index in [0.717, 1.165) is 30.4 Å². The second kappa shape index (κ2) is 10.7. The van der Waals surface area contributed by atoms with Gasteiger partial charge in [0, 0.05) is 41.6 Å². The Balaban J connectivity index is 1.48. The molecular weight excluding hydrogens is 441 g/mol. The van der Waals surface area contributed by atoms with Crippen LogP contribution < -0.4 is 0 Å². The summed E-state index contributed by atoms with van der Waals surface area (Å²) in [6, 6.07) is 6.04. The number of hydrogen-bond donors (Lipinski definition) is 1. The molecular formula is C25H30FN3O3S. The third kappa shape index (κ3) is 5.92. The summed E-state index contributed by atoms with van der Waals surface area (Å²) in [5.41, 5.74) is 2.35. The van der Waals surface area contributed by atoms with E-state index >= 15 is 0 Å². The molecule has 2 atom stereocenters. The van der Waals surface area contributed by atoms with Gasteiger partial charge in [-0.3, -0.25) is 19.2 Å². The van der Waals surface area contributed by atoms with Crippen LogP contribution in [0.15, 0.2) is 48.3 Å². The molecule has 0 radical (unpaired) electrons. The molecule has 0 amide bonds. The summed E-state index contributed by atoms with van der Waals surface area (Å²) in [5.74, 6) is -0.445. The van der Waals surface area contributed by atoms with Crippen LogP contribution in [0.25, 0.3) is 0 Å². The summed E-state index contributed by atoms with van der Waals surface area (Å²) in [6.45, 7) is 3.92. The molecule has 2 unspecified atom stereocenters. The first-order chi connectivity index (χ1) is 16.0. The number of carbonyl (C=O) groups excluding carboxylic acids is 2. The van der Waals surface area contributed by atoms with Crippen molar-refractivity contribution in [1.29, 1.82) is 0 Å². The minimum Gasteiger partial charge on any atom is -0.466 e. The van der Waals surface area contributed by atoms with E-state index in [1.54, 1.807) is 36.0 Å². The highest BCUT2D eigenvalue weighted by molar-refractivity contribution is 7.81. The first-order valence-electron chi connectivity index (χ1n) is 11.5. The molecule has 2 fully saturated rings. The molecule has 1 aromatic heterocycles. The van der Waals surface area contributed by atoms with E-state index in [1.807, 2.05) is 6.20 Å². The molecule has 8 heteroatoms. The third-order valence-corrected chi connectivity index (χ3v) is 6.79. The minimum absolute atomic E-state index is 0.0395. The molecule has 2 heterocycles. The summed E-state index contributed by atoms with van der Waals surface area (Å²) >= 11 is 4.75. The normalized spacial score (nSPS) is 21.2. The number of carbonyl (C=O) groups is 2. The van der Waals surface area contributed by atoms with Crippen molar-refractivity contribution in [3.8, 4) is 0 Å². The fourth-order valence-corrected chi connectivity index (χ4v) is 4.62. The number of piperidine rings is 1. The SMILES string of the molecule is CCOC(=O)Cc1cnn(C/C=C2/CN(C(C(=O)C3CC3)c3ccccc3F)CCC2S)c1. The van der Waals surface area contributed by atoms with Crippen LogP contribution in [0, 0.1) is 11.7 Å². The summed E-state index contributed by atoms with van der Waals surface area (Å²) in [7, 11) is 0. The number of nitrogens with zero attached hydrogens (tertiary/aromatic N) is 3. The van der Waals surface area contributed by atoms with E-state index in [1.165, 1.54) is 6.07 Å². The monoisotopic (exact) mass is 471 g/mol. The largest absolute Gasteiger partial charge is 0.466 e. The Morgan fingerprint density at radius 3 is 2.82 bits per heavy atom. The van der Waals surface area contributed by atoms with Gasteiger partial charge in [-0.25, -0.2) is 4.39 Å². The fraction of sp³-hybridized carbons (Fsp3) is 0.480. The number of benzene rings is 1. The minimum atomic E-state index is -0.566. The Morgan fingerprint density at radius 1 is 1.30 bits per heavy atom. The lowest BCUT2D eigenvalue weighted by Crippen LogP contribution is -2.42. The van der Waals surface area contributed by atoms with Crippen molar-refractivity contribution in [1.82, 2.24) is 14.7 Å². The van der Waals surface area contributed by atoms with Crippen LogP contribution >= 0.6 is 12.6 Å². The zero-order chi connectivity index (χ0) is 23.4. The molecule has 2 aromatic rings. The predicted molar refractivity (Wildman–Crippen MR) is 126 cm³/mol. The maximum atomic E-state index is 14.7. The molecule has 0 N–H and O–H groups in total. The Labute approximate surface area is 199 Å². The van der Waals surface area contributed by atoms with Crippen LogP contribution in [0.3, 0.4) is 0 Å². The van der Waals surface area contributed by atoms with Crippen molar-refractivity contribution in [2.24, 2.45) is 5.92 Å². The van der Waals surface area contributed by atoms with Gasteiger partial charge >= 0.3 is 5.97 Å². The zero-order valence-corrected chi connectivity index (χ0v) is 19.7. The molecule has 1 aliphatic heterocycles. The van der Waals surface area contributed by atoms with Gasteiger partial charge in [-0.15, -0.1) is 0 Å². The molecule has 4 rings (SSSR count). The van der Waals surface area contributed by atoms with Crippen molar-refractivity contribution >= 4 is 24.4 Å². The standard InChI is InChI=1S/C25H30FN3O3S/c1-2-32-23(30)13-17-14-27-29(15-17)12-9-19-16-28(11-10-22(19)33)24(25(31)18-7-8-18)20-5-3-4-6-21(20)26/h3-6,9,14-15,18,22,24,33H,2,7-8,10-13,16H2,1H3/b19-9-. The second-order valence-corrected chi connectivity index (χ2v) is 9.33. The van der Waals surface area contributed by atoms with Crippen molar-refractivity contribution in [3.05, 3.63) is 65.3 Å². The van der Waals surface area contributed by atoms with Gasteiger partial charge in [0.2, 0.25) is 0 Å². The summed E-state index contributed by atoms with van der Waals surface area (Å²) in [5, 5.41) is 4.41. The lowest BCUT2D eigenvalue weighted by atomic mass is 9.93. The first-order valence-corrected chi connectivity index (χ1v) is 12.0. The lowest BCUT2D eigenvalue weighted by molar-refractivity contribution is -0.142. The zero-order valence-electron chi connectivity index (χ0n) is 18.8. The van der Waals surface area contributed by atoms with E-state index in [4.69, 9.17) is 17.4 Å². The Bertz CT molecular complexity index is 1030. The fourth-order valence-electron chi connectivity index (χ4n) is 4.32. The molecule has 1 aliphatic carbocycles. The van der Waals surface area contributed by atoms with Gasteiger partial charge in [0.15, 0.2) is 5.78 Å². The van der Waals surface area contributed by atoms with Crippen molar-refractivity contribution in [2.45, 2.75) is 50.4 Å². The average Bonchev–Trinajstić information content (AvgIpc) is 3.56. The third-order valence-electron chi connectivity index (χ3n) is 6.20. The molecule has 1 aromatic carbocycles. The molecule has 2 aliphatic rings. The van der Waals surface area contributed by atoms with Gasteiger partial charge in [-0.2, -0.15) is 17.7 Å². The molecule has 6 nitrogen and oxygen atoms in total. The van der Waals surface area contributed by atoms with Crippen molar-refractivity contribution < 1.29 is 18.7 Å². The Morgan fingerprint density at radius 2 is 2.09 bits per heavy atom. The number of ether oxygens (including phenoxy) is 1. The van der Waals surface area contributed by atoms with E-state index in [-0.39, 0.29) is 35.2 Å². The summed E-state index contributed by atoms with van der Waals surface area (Å²) in [6.07, 6.45) is 8.34. The van der Waals surface area contributed by atoms with Crippen LogP contribution in [0.4, 0.5) is 4.39 Å². The highest BCUT2D eigenvalue weighted by Crippen LogP contribution is 2.39. The molecule has 0 bridgehead atoms. The number of rotatable bonds is 9. The van der Waals surface area contributed by atoms with Gasteiger partial charge in [0.25, 0.3) is 0 Å². The molecule has 0 spiro atoms. The van der Waals surface area contributed by atoms with Gasteiger partial charge in [0.05, 0.1) is 31.8 Å². The van der Waals surface area contributed by atoms with Crippen LogP contribution in [0.2, 0.25) is 0 Å². The maximum absolute atomic E-state index is 14.7. The predicted octanol–water partition coefficient (Wildman–Crippen LogP) is 3.78. The van der Waals surface area contributed by atoms with Crippen molar-refractivity contribution in [3.63, 3.8) is 0 Å². The number of ketones is 1. The van der Waals surface area contributed by atoms with E-state index in [2.05, 4.69) is 16.1 Å². The Kier molecular flexibility index (Phi) is 7.65. The van der Waals surface area contributed by atoms with Crippen LogP contribution in [-0.4, -0.2) is 51.4 Å². The number of thiol groups is 1. The number of aromatic nitrogens is 2.